The first kappa shape index (κ1) is 11.8. The highest BCUT2D eigenvalue weighted by Gasteiger charge is 1.98. The van der Waals surface area contributed by atoms with Crippen LogP contribution in [0.2, 0.25) is 5.02 Å². The third-order valence-corrected chi connectivity index (χ3v) is 1.91. The highest BCUT2D eigenvalue weighted by molar-refractivity contribution is 6.30. The van der Waals surface area contributed by atoms with E-state index in [0.29, 0.717) is 5.02 Å². The van der Waals surface area contributed by atoms with E-state index in [1.54, 1.807) is 36.4 Å². The van der Waals surface area contributed by atoms with Crippen molar-refractivity contribution in [1.29, 1.82) is 10.5 Å². The summed E-state index contributed by atoms with van der Waals surface area (Å²) in [5.41, 5.74) is 5.69. The van der Waals surface area contributed by atoms with Crippen LogP contribution >= 0.6 is 11.6 Å². The van der Waals surface area contributed by atoms with Gasteiger partial charge < -0.3 is 5.73 Å². The van der Waals surface area contributed by atoms with Crippen LogP contribution in [0.15, 0.2) is 40.7 Å². The Balaban J connectivity index is 2.99. The fourth-order valence-corrected chi connectivity index (χ4v) is 1.14. The molecular weight excluding hydrogens is 224 g/mol. The zero-order valence-corrected chi connectivity index (χ0v) is 8.94. The molecule has 0 aliphatic carbocycles. The number of nitrogens with zero attached hydrogens (tertiary/aromatic N) is 3. The maximum atomic E-state index is 8.68. The molecule has 0 unspecified atom stereocenters. The molecule has 0 aliphatic rings. The minimum absolute atomic E-state index is 0.109. The number of rotatable bonds is 2. The molecule has 0 aromatic heterocycles. The topological polar surface area (TPSA) is 86.0 Å². The number of halogens is 1. The molecule has 0 atom stereocenters. The monoisotopic (exact) mass is 230 g/mol. The maximum absolute atomic E-state index is 8.68. The van der Waals surface area contributed by atoms with Gasteiger partial charge in [-0.1, -0.05) is 23.7 Å². The summed E-state index contributed by atoms with van der Waals surface area (Å²) in [6.45, 7) is 0. The summed E-state index contributed by atoms with van der Waals surface area (Å²) in [5.74, 6) is 0. The van der Waals surface area contributed by atoms with E-state index < -0.39 is 0 Å². The highest BCUT2D eigenvalue weighted by atomic mass is 35.5. The van der Waals surface area contributed by atoms with Crippen molar-refractivity contribution in [3.05, 3.63) is 46.2 Å². The van der Waals surface area contributed by atoms with Crippen molar-refractivity contribution in [2.24, 2.45) is 10.7 Å². The average Bonchev–Trinajstić information content (AvgIpc) is 2.29. The van der Waals surface area contributed by atoms with E-state index in [9.17, 15) is 0 Å². The van der Waals surface area contributed by atoms with Crippen molar-refractivity contribution in [3.8, 4) is 12.1 Å². The molecule has 1 rings (SSSR count). The second-order valence-electron chi connectivity index (χ2n) is 2.80. The molecule has 0 amide bonds. The lowest BCUT2D eigenvalue weighted by Gasteiger charge is -1.94. The van der Waals surface area contributed by atoms with Gasteiger partial charge in [0.25, 0.3) is 0 Å². The van der Waals surface area contributed by atoms with E-state index in [4.69, 9.17) is 27.9 Å². The molecule has 0 heterocycles. The molecule has 0 saturated carbocycles. The van der Waals surface area contributed by atoms with Crippen LogP contribution in [0.25, 0.3) is 0 Å². The summed E-state index contributed by atoms with van der Waals surface area (Å²) in [4.78, 5) is 3.81. The Kier molecular flexibility index (Phi) is 4.08. The standard InChI is InChI=1S/C11H7ClN4/c12-9-3-1-2-8(4-9)7-16-11(6-14)10(15)5-13/h1-4,7H,15H2. The van der Waals surface area contributed by atoms with Gasteiger partial charge in [-0.25, -0.2) is 4.99 Å². The predicted octanol–water partition coefficient (Wildman–Crippen LogP) is 1.98. The zero-order chi connectivity index (χ0) is 12.0. The van der Waals surface area contributed by atoms with Crippen molar-refractivity contribution in [1.82, 2.24) is 0 Å². The molecule has 78 valence electrons. The van der Waals surface area contributed by atoms with Gasteiger partial charge in [-0.3, -0.25) is 0 Å². The summed E-state index contributed by atoms with van der Waals surface area (Å²) in [5, 5.41) is 17.7. The van der Waals surface area contributed by atoms with Crippen LogP contribution in [-0.2, 0) is 0 Å². The van der Waals surface area contributed by atoms with Gasteiger partial charge in [-0.15, -0.1) is 0 Å². The Morgan fingerprint density at radius 3 is 2.69 bits per heavy atom. The average molecular weight is 231 g/mol. The number of aliphatic imine (C=N–C) groups is 1. The summed E-state index contributed by atoms with van der Waals surface area (Å²) in [7, 11) is 0. The van der Waals surface area contributed by atoms with Crippen molar-refractivity contribution in [3.63, 3.8) is 0 Å². The van der Waals surface area contributed by atoms with Crippen LogP contribution in [0.3, 0.4) is 0 Å². The van der Waals surface area contributed by atoms with Gasteiger partial charge in [0, 0.05) is 11.2 Å². The number of nitriles is 2. The molecule has 0 fully saturated rings. The Morgan fingerprint density at radius 1 is 1.38 bits per heavy atom. The lowest BCUT2D eigenvalue weighted by molar-refractivity contribution is 1.27. The van der Waals surface area contributed by atoms with Gasteiger partial charge in [-0.05, 0) is 17.7 Å². The first-order valence-corrected chi connectivity index (χ1v) is 4.64. The number of benzene rings is 1. The van der Waals surface area contributed by atoms with Gasteiger partial charge in [0.1, 0.15) is 17.8 Å². The lowest BCUT2D eigenvalue weighted by atomic mass is 10.2. The molecular formula is C11H7ClN4. The second-order valence-corrected chi connectivity index (χ2v) is 3.24. The molecule has 5 heteroatoms. The molecule has 0 radical (unpaired) electrons. The molecule has 16 heavy (non-hydrogen) atoms. The number of hydrogen-bond donors (Lipinski definition) is 1. The zero-order valence-electron chi connectivity index (χ0n) is 8.18. The van der Waals surface area contributed by atoms with Crippen LogP contribution in [0.5, 0.6) is 0 Å². The lowest BCUT2D eigenvalue weighted by Crippen LogP contribution is -1.97. The first-order chi connectivity index (χ1) is 7.67. The predicted molar refractivity (Wildman–Crippen MR) is 61.5 cm³/mol. The minimum atomic E-state index is -0.208. The fourth-order valence-electron chi connectivity index (χ4n) is 0.938. The molecule has 0 spiro atoms. The van der Waals surface area contributed by atoms with Crippen LogP contribution < -0.4 is 5.73 Å². The Morgan fingerprint density at radius 2 is 2.12 bits per heavy atom. The highest BCUT2D eigenvalue weighted by Crippen LogP contribution is 2.09. The fraction of sp³-hybridized carbons (Fsp3) is 0. The van der Waals surface area contributed by atoms with Gasteiger partial charge in [0.05, 0.1) is 0 Å². The molecule has 4 nitrogen and oxygen atoms in total. The molecule has 0 bridgehead atoms. The Bertz CT molecular complexity index is 532. The van der Waals surface area contributed by atoms with Crippen LogP contribution in [0, 0.1) is 22.7 Å². The summed E-state index contributed by atoms with van der Waals surface area (Å²) in [6, 6.07) is 10.3. The summed E-state index contributed by atoms with van der Waals surface area (Å²) in [6.07, 6.45) is 1.43. The Labute approximate surface area is 97.9 Å². The molecule has 2 N–H and O–H groups in total. The quantitative estimate of drug-likeness (QED) is 0.623. The van der Waals surface area contributed by atoms with Gasteiger partial charge in [0.15, 0.2) is 5.70 Å². The third kappa shape index (κ3) is 3.13. The normalized spacial score (nSPS) is 11.7. The number of hydrogen-bond acceptors (Lipinski definition) is 4. The summed E-state index contributed by atoms with van der Waals surface area (Å²) >= 11 is 5.77. The minimum Gasteiger partial charge on any atom is -0.388 e. The van der Waals surface area contributed by atoms with Crippen LogP contribution in [0.4, 0.5) is 0 Å². The van der Waals surface area contributed by atoms with E-state index >= 15 is 0 Å². The SMILES string of the molecule is N#CC(N)=C(C#N)N=Cc1cccc(Cl)c1. The molecule has 1 aromatic carbocycles. The van der Waals surface area contributed by atoms with Crippen molar-refractivity contribution < 1.29 is 0 Å². The summed E-state index contributed by atoms with van der Waals surface area (Å²) < 4.78 is 0. The van der Waals surface area contributed by atoms with E-state index in [0.717, 1.165) is 5.56 Å². The molecule has 1 aromatic rings. The van der Waals surface area contributed by atoms with Gasteiger partial charge >= 0.3 is 0 Å². The van der Waals surface area contributed by atoms with E-state index in [-0.39, 0.29) is 11.4 Å². The van der Waals surface area contributed by atoms with Gasteiger partial charge in [-0.2, -0.15) is 10.5 Å². The Hall–Kier alpha value is -2.30. The second kappa shape index (κ2) is 5.55. The van der Waals surface area contributed by atoms with E-state index in [1.165, 1.54) is 6.21 Å². The van der Waals surface area contributed by atoms with E-state index in [1.807, 2.05) is 0 Å². The van der Waals surface area contributed by atoms with Gasteiger partial charge in [0.2, 0.25) is 0 Å². The van der Waals surface area contributed by atoms with Crippen LogP contribution in [0.1, 0.15) is 5.56 Å². The molecule has 0 aliphatic heterocycles. The van der Waals surface area contributed by atoms with Crippen molar-refractivity contribution in [2.45, 2.75) is 0 Å². The van der Waals surface area contributed by atoms with Crippen molar-refractivity contribution in [2.75, 3.05) is 0 Å². The number of nitrogens with two attached hydrogens (primary N) is 1. The van der Waals surface area contributed by atoms with Crippen LogP contribution in [-0.4, -0.2) is 6.21 Å². The number of allylic oxidation sites excluding steroid dienone is 2. The first-order valence-electron chi connectivity index (χ1n) is 4.27. The van der Waals surface area contributed by atoms with Crippen molar-refractivity contribution >= 4 is 17.8 Å². The smallest absolute Gasteiger partial charge is 0.174 e. The largest absolute Gasteiger partial charge is 0.388 e. The maximum Gasteiger partial charge on any atom is 0.174 e. The third-order valence-electron chi connectivity index (χ3n) is 1.67. The van der Waals surface area contributed by atoms with E-state index in [2.05, 4.69) is 4.99 Å². The molecule has 0 saturated heterocycles.